The summed E-state index contributed by atoms with van der Waals surface area (Å²) in [7, 11) is 3.26. The molecule has 1 fully saturated rings. The van der Waals surface area contributed by atoms with Gasteiger partial charge in [0.2, 0.25) is 0 Å². The second-order valence-electron chi connectivity index (χ2n) is 6.83. The number of nitrogens with zero attached hydrogens (tertiary/aromatic N) is 2. The number of carbonyl (C=O) groups is 1. The Morgan fingerprint density at radius 3 is 2.41 bits per heavy atom. The van der Waals surface area contributed by atoms with Gasteiger partial charge < -0.3 is 14.4 Å². The van der Waals surface area contributed by atoms with Gasteiger partial charge in [-0.2, -0.15) is 0 Å². The lowest BCUT2D eigenvalue weighted by Gasteiger charge is -2.31. The van der Waals surface area contributed by atoms with Crippen LogP contribution >= 0.6 is 12.2 Å². The summed E-state index contributed by atoms with van der Waals surface area (Å²) in [6.45, 7) is 1.23. The normalized spacial score (nSPS) is 18.4. The predicted octanol–water partition coefficient (Wildman–Crippen LogP) is 2.80. The fourth-order valence-electron chi connectivity index (χ4n) is 3.85. The van der Waals surface area contributed by atoms with Crippen molar-refractivity contribution in [1.29, 1.82) is 0 Å². The van der Waals surface area contributed by atoms with E-state index in [1.807, 2.05) is 35.2 Å². The lowest BCUT2D eigenvalue weighted by molar-refractivity contribution is -0.128. The summed E-state index contributed by atoms with van der Waals surface area (Å²) >= 11 is 5.64. The topological polar surface area (TPSA) is 42.0 Å². The van der Waals surface area contributed by atoms with Crippen molar-refractivity contribution < 1.29 is 14.3 Å². The first kappa shape index (κ1) is 17.8. The molecule has 1 saturated heterocycles. The maximum Gasteiger partial charge on any atom is 0.251 e. The van der Waals surface area contributed by atoms with Gasteiger partial charge in [-0.25, -0.2) is 0 Å². The molecule has 6 heteroatoms. The van der Waals surface area contributed by atoms with E-state index < -0.39 is 0 Å². The first-order chi connectivity index (χ1) is 13.1. The molecule has 0 aromatic heterocycles. The van der Waals surface area contributed by atoms with E-state index in [1.165, 1.54) is 5.56 Å². The van der Waals surface area contributed by atoms with E-state index in [4.69, 9.17) is 21.7 Å². The number of carbonyl (C=O) groups excluding carboxylic acids is 1. The Bertz CT molecular complexity index is 833. The summed E-state index contributed by atoms with van der Waals surface area (Å²) in [5.74, 6) is 1.49. The maximum absolute atomic E-state index is 13.0. The first-order valence-corrected chi connectivity index (χ1v) is 9.43. The van der Waals surface area contributed by atoms with Gasteiger partial charge in [-0.15, -0.1) is 0 Å². The van der Waals surface area contributed by atoms with E-state index in [0.29, 0.717) is 36.1 Å². The zero-order chi connectivity index (χ0) is 19.0. The van der Waals surface area contributed by atoms with Crippen molar-refractivity contribution in [3.63, 3.8) is 0 Å². The molecule has 27 heavy (non-hydrogen) atoms. The standard InChI is InChI=1S/C21H22N2O3S/c1-25-18-11-15-10-17-20(24)22(9-8-14-6-4-3-5-7-14)21(27)23(17)13-16(15)12-19(18)26-2/h3-7,11-12,17H,8-10,13H2,1-2H3/t17-/m0/s1. The van der Waals surface area contributed by atoms with Gasteiger partial charge in [0.15, 0.2) is 16.6 Å². The lowest BCUT2D eigenvalue weighted by atomic mass is 9.94. The van der Waals surface area contributed by atoms with Crippen LogP contribution in [-0.4, -0.2) is 47.6 Å². The minimum atomic E-state index is -0.223. The van der Waals surface area contributed by atoms with Gasteiger partial charge in [0.1, 0.15) is 6.04 Å². The highest BCUT2D eigenvalue weighted by Gasteiger charge is 2.44. The fraction of sp³-hybridized carbons (Fsp3) is 0.333. The second-order valence-corrected chi connectivity index (χ2v) is 7.20. The Hall–Kier alpha value is -2.60. The highest BCUT2D eigenvalue weighted by molar-refractivity contribution is 7.80. The summed E-state index contributed by atoms with van der Waals surface area (Å²) in [6, 6.07) is 13.9. The van der Waals surface area contributed by atoms with E-state index in [2.05, 4.69) is 12.1 Å². The van der Waals surface area contributed by atoms with Crippen LogP contribution in [0.5, 0.6) is 11.5 Å². The highest BCUT2D eigenvalue weighted by Crippen LogP contribution is 2.37. The smallest absolute Gasteiger partial charge is 0.251 e. The number of hydrogen-bond donors (Lipinski definition) is 0. The van der Waals surface area contributed by atoms with Crippen LogP contribution in [0.25, 0.3) is 0 Å². The van der Waals surface area contributed by atoms with E-state index in [0.717, 1.165) is 17.5 Å². The van der Waals surface area contributed by atoms with Crippen molar-refractivity contribution in [1.82, 2.24) is 9.80 Å². The van der Waals surface area contributed by atoms with Crippen molar-refractivity contribution in [3.05, 3.63) is 59.2 Å². The van der Waals surface area contributed by atoms with Crippen molar-refractivity contribution in [2.75, 3.05) is 20.8 Å². The minimum Gasteiger partial charge on any atom is -0.493 e. The molecule has 0 saturated carbocycles. The third-order valence-corrected chi connectivity index (χ3v) is 5.79. The quantitative estimate of drug-likeness (QED) is 0.744. The van der Waals surface area contributed by atoms with Crippen molar-refractivity contribution in [3.8, 4) is 11.5 Å². The summed E-state index contributed by atoms with van der Waals surface area (Å²) in [5, 5.41) is 0.626. The van der Waals surface area contributed by atoms with Crippen LogP contribution in [-0.2, 0) is 24.2 Å². The molecular weight excluding hydrogens is 360 g/mol. The molecule has 140 valence electrons. The SMILES string of the molecule is COc1cc2c(cc1OC)CN1C(=S)N(CCc3ccccc3)C(=O)[C@@H]1C2. The number of benzene rings is 2. The van der Waals surface area contributed by atoms with Crippen LogP contribution < -0.4 is 9.47 Å². The summed E-state index contributed by atoms with van der Waals surface area (Å²) < 4.78 is 10.8. The molecule has 2 aliphatic heterocycles. The first-order valence-electron chi connectivity index (χ1n) is 9.02. The third kappa shape index (κ3) is 3.14. The largest absolute Gasteiger partial charge is 0.493 e. The Kier molecular flexibility index (Phi) is 4.74. The molecule has 0 bridgehead atoms. The van der Waals surface area contributed by atoms with E-state index in [-0.39, 0.29) is 11.9 Å². The van der Waals surface area contributed by atoms with Gasteiger partial charge in [0.05, 0.1) is 14.2 Å². The maximum atomic E-state index is 13.0. The lowest BCUT2D eigenvalue weighted by Crippen LogP contribution is -2.40. The number of hydrogen-bond acceptors (Lipinski definition) is 4. The third-order valence-electron chi connectivity index (χ3n) is 5.33. The van der Waals surface area contributed by atoms with E-state index in [1.54, 1.807) is 19.1 Å². The fourth-order valence-corrected chi connectivity index (χ4v) is 4.23. The molecule has 1 amide bonds. The minimum absolute atomic E-state index is 0.0939. The molecule has 2 heterocycles. The molecular formula is C21H22N2O3S. The number of thiocarbonyl (C=S) groups is 1. The van der Waals surface area contributed by atoms with Gasteiger partial charge >= 0.3 is 0 Å². The Balaban J connectivity index is 1.55. The number of methoxy groups -OCH3 is 2. The van der Waals surface area contributed by atoms with E-state index >= 15 is 0 Å². The molecule has 0 unspecified atom stereocenters. The predicted molar refractivity (Wildman–Crippen MR) is 107 cm³/mol. The van der Waals surface area contributed by atoms with Gasteiger partial charge in [0.25, 0.3) is 5.91 Å². The highest BCUT2D eigenvalue weighted by atomic mass is 32.1. The molecule has 2 aromatic rings. The monoisotopic (exact) mass is 382 g/mol. The van der Waals surface area contributed by atoms with Crippen LogP contribution in [0.4, 0.5) is 0 Å². The van der Waals surface area contributed by atoms with E-state index in [9.17, 15) is 4.79 Å². The van der Waals surface area contributed by atoms with Gasteiger partial charge in [-0.3, -0.25) is 9.69 Å². The zero-order valence-electron chi connectivity index (χ0n) is 15.5. The average molecular weight is 382 g/mol. The second kappa shape index (κ2) is 7.19. The van der Waals surface area contributed by atoms with Crippen LogP contribution in [0.3, 0.4) is 0 Å². The van der Waals surface area contributed by atoms with Crippen LogP contribution in [0.15, 0.2) is 42.5 Å². The van der Waals surface area contributed by atoms with Gasteiger partial charge in [-0.1, -0.05) is 30.3 Å². The molecule has 5 nitrogen and oxygen atoms in total. The Morgan fingerprint density at radius 2 is 1.74 bits per heavy atom. The number of ether oxygens (including phenoxy) is 2. The molecule has 2 aromatic carbocycles. The van der Waals surface area contributed by atoms with Crippen molar-refractivity contribution in [2.24, 2.45) is 0 Å². The number of amides is 1. The van der Waals surface area contributed by atoms with Gasteiger partial charge in [0, 0.05) is 19.5 Å². The van der Waals surface area contributed by atoms with Crippen molar-refractivity contribution >= 4 is 23.2 Å². The van der Waals surface area contributed by atoms with Crippen LogP contribution in [0.1, 0.15) is 16.7 Å². The number of rotatable bonds is 5. The zero-order valence-corrected chi connectivity index (χ0v) is 16.3. The molecule has 0 N–H and O–H groups in total. The molecule has 2 aliphatic rings. The molecule has 0 aliphatic carbocycles. The van der Waals surface area contributed by atoms with Crippen LogP contribution in [0, 0.1) is 0 Å². The molecule has 0 radical (unpaired) electrons. The molecule has 4 rings (SSSR count). The summed E-state index contributed by atoms with van der Waals surface area (Å²) in [6.07, 6.45) is 1.43. The van der Waals surface area contributed by atoms with Crippen molar-refractivity contribution in [2.45, 2.75) is 25.4 Å². The van der Waals surface area contributed by atoms with Gasteiger partial charge in [-0.05, 0) is 47.5 Å². The molecule has 0 spiro atoms. The van der Waals surface area contributed by atoms with Crippen LogP contribution in [0.2, 0.25) is 0 Å². The Labute approximate surface area is 164 Å². The average Bonchev–Trinajstić information content (AvgIpc) is 2.94. The summed E-state index contributed by atoms with van der Waals surface area (Å²) in [5.41, 5.74) is 3.45. The summed E-state index contributed by atoms with van der Waals surface area (Å²) in [4.78, 5) is 16.8. The number of fused-ring (bicyclic) bond motifs is 2. The molecule has 1 atom stereocenters. The Morgan fingerprint density at radius 1 is 1.07 bits per heavy atom.